The molecule has 4 nitrogen and oxygen atoms in total. The lowest BCUT2D eigenvalue weighted by Crippen LogP contribution is -2.57. The zero-order chi connectivity index (χ0) is 12.5. The lowest BCUT2D eigenvalue weighted by Gasteiger charge is -2.49. The normalized spacial score (nSPS) is 27.6. The standard InChI is InChI=1S/C13H25N3O/c1-4-6-11-12(17)16(10-14-11)9-13(15(2)3)7-5-8-13/h11,14H,4-10H2,1-3H3. The van der Waals surface area contributed by atoms with Crippen LogP contribution in [-0.2, 0) is 4.79 Å². The number of amides is 1. The summed E-state index contributed by atoms with van der Waals surface area (Å²) in [5.74, 6) is 0.306. The number of hydrogen-bond donors (Lipinski definition) is 1. The van der Waals surface area contributed by atoms with Gasteiger partial charge in [0.15, 0.2) is 0 Å². The maximum atomic E-state index is 12.2. The summed E-state index contributed by atoms with van der Waals surface area (Å²) in [6, 6.07) is 0.0688. The van der Waals surface area contributed by atoms with Crippen LogP contribution in [0.1, 0.15) is 39.0 Å². The van der Waals surface area contributed by atoms with Crippen molar-refractivity contribution in [2.45, 2.75) is 50.6 Å². The Kier molecular flexibility index (Phi) is 3.73. The number of carbonyl (C=O) groups excluding carboxylic acids is 1. The Hall–Kier alpha value is -0.610. The van der Waals surface area contributed by atoms with Gasteiger partial charge in [-0.3, -0.25) is 10.1 Å². The lowest BCUT2D eigenvalue weighted by molar-refractivity contribution is -0.131. The molecule has 0 aromatic heterocycles. The van der Waals surface area contributed by atoms with E-state index < -0.39 is 0 Å². The largest absolute Gasteiger partial charge is 0.327 e. The predicted molar refractivity (Wildman–Crippen MR) is 68.7 cm³/mol. The summed E-state index contributed by atoms with van der Waals surface area (Å²) < 4.78 is 0. The fraction of sp³-hybridized carbons (Fsp3) is 0.923. The van der Waals surface area contributed by atoms with Gasteiger partial charge >= 0.3 is 0 Å². The monoisotopic (exact) mass is 239 g/mol. The number of rotatable bonds is 5. The molecule has 0 bridgehead atoms. The number of hydrogen-bond acceptors (Lipinski definition) is 3. The van der Waals surface area contributed by atoms with Gasteiger partial charge in [0.2, 0.25) is 5.91 Å². The van der Waals surface area contributed by atoms with Crippen molar-refractivity contribution in [1.29, 1.82) is 0 Å². The highest BCUT2D eigenvalue weighted by Crippen LogP contribution is 2.37. The second-order valence-electron chi connectivity index (χ2n) is 5.71. The van der Waals surface area contributed by atoms with Gasteiger partial charge < -0.3 is 9.80 Å². The van der Waals surface area contributed by atoms with Gasteiger partial charge in [-0.15, -0.1) is 0 Å². The first-order valence-electron chi connectivity index (χ1n) is 6.79. The van der Waals surface area contributed by atoms with Gasteiger partial charge in [-0.05, 0) is 39.8 Å². The van der Waals surface area contributed by atoms with E-state index >= 15 is 0 Å². The molecule has 4 heteroatoms. The van der Waals surface area contributed by atoms with E-state index in [1.165, 1.54) is 19.3 Å². The molecule has 1 saturated carbocycles. The second kappa shape index (κ2) is 4.94. The molecule has 2 rings (SSSR count). The summed E-state index contributed by atoms with van der Waals surface area (Å²) in [6.07, 6.45) is 5.77. The number of likely N-dealkylation sites (N-methyl/N-ethyl adjacent to an activating group) is 1. The minimum Gasteiger partial charge on any atom is -0.327 e. The van der Waals surface area contributed by atoms with Gasteiger partial charge in [-0.25, -0.2) is 0 Å². The quantitative estimate of drug-likeness (QED) is 0.778. The molecule has 1 aliphatic carbocycles. The van der Waals surface area contributed by atoms with Crippen LogP contribution in [0.3, 0.4) is 0 Å². The van der Waals surface area contributed by atoms with Gasteiger partial charge in [0.25, 0.3) is 0 Å². The number of carbonyl (C=O) groups is 1. The third-order valence-corrected chi connectivity index (χ3v) is 4.43. The predicted octanol–water partition coefficient (Wildman–Crippen LogP) is 1.03. The average Bonchev–Trinajstić information content (AvgIpc) is 2.55. The lowest BCUT2D eigenvalue weighted by atomic mass is 9.75. The van der Waals surface area contributed by atoms with Crippen molar-refractivity contribution in [3.63, 3.8) is 0 Å². The third-order valence-electron chi connectivity index (χ3n) is 4.43. The molecule has 0 aromatic carbocycles. The highest BCUT2D eigenvalue weighted by Gasteiger charge is 2.43. The van der Waals surface area contributed by atoms with Crippen molar-refractivity contribution in [2.24, 2.45) is 0 Å². The minimum absolute atomic E-state index is 0.0688. The van der Waals surface area contributed by atoms with Gasteiger partial charge in [-0.2, -0.15) is 0 Å². The van der Waals surface area contributed by atoms with E-state index in [-0.39, 0.29) is 11.6 Å². The van der Waals surface area contributed by atoms with E-state index in [0.29, 0.717) is 5.91 Å². The molecule has 98 valence electrons. The van der Waals surface area contributed by atoms with Crippen molar-refractivity contribution >= 4 is 5.91 Å². The van der Waals surface area contributed by atoms with Crippen LogP contribution in [-0.4, -0.2) is 54.6 Å². The summed E-state index contributed by atoms with van der Waals surface area (Å²) in [4.78, 5) is 16.5. The summed E-state index contributed by atoms with van der Waals surface area (Å²) in [5, 5.41) is 3.32. The van der Waals surface area contributed by atoms with Crippen molar-refractivity contribution in [3.8, 4) is 0 Å². The van der Waals surface area contributed by atoms with Gasteiger partial charge in [0.05, 0.1) is 12.7 Å². The molecular formula is C13H25N3O. The zero-order valence-electron chi connectivity index (χ0n) is 11.3. The van der Waals surface area contributed by atoms with Crippen LogP contribution in [0.25, 0.3) is 0 Å². The molecule has 2 aliphatic rings. The SMILES string of the molecule is CCCC1NCN(CC2(N(C)C)CCC2)C1=O. The minimum atomic E-state index is 0.0688. The molecule has 17 heavy (non-hydrogen) atoms. The molecule has 2 fully saturated rings. The van der Waals surface area contributed by atoms with Crippen LogP contribution in [0, 0.1) is 0 Å². The maximum absolute atomic E-state index is 12.2. The molecule has 0 radical (unpaired) electrons. The second-order valence-corrected chi connectivity index (χ2v) is 5.71. The summed E-state index contributed by atoms with van der Waals surface area (Å²) >= 11 is 0. The molecule has 1 amide bonds. The molecule has 0 aromatic rings. The van der Waals surface area contributed by atoms with Crippen molar-refractivity contribution in [3.05, 3.63) is 0 Å². The van der Waals surface area contributed by atoms with Crippen LogP contribution >= 0.6 is 0 Å². The highest BCUT2D eigenvalue weighted by atomic mass is 16.2. The molecule has 1 atom stereocenters. The Balaban J connectivity index is 1.94. The number of nitrogens with one attached hydrogen (secondary N) is 1. The average molecular weight is 239 g/mol. The Bertz CT molecular complexity index is 286. The summed E-state index contributed by atoms with van der Waals surface area (Å²) in [6.45, 7) is 3.76. The first kappa shape index (κ1) is 12.8. The van der Waals surface area contributed by atoms with Gasteiger partial charge in [-0.1, -0.05) is 13.3 Å². The Morgan fingerprint density at radius 3 is 2.65 bits per heavy atom. The maximum Gasteiger partial charge on any atom is 0.240 e. The highest BCUT2D eigenvalue weighted by molar-refractivity contribution is 5.83. The van der Waals surface area contributed by atoms with Crippen LogP contribution in [0.15, 0.2) is 0 Å². The molecular weight excluding hydrogens is 214 g/mol. The third kappa shape index (κ3) is 2.33. The van der Waals surface area contributed by atoms with Crippen LogP contribution in [0.5, 0.6) is 0 Å². The fourth-order valence-electron chi connectivity index (χ4n) is 2.94. The molecule has 1 aliphatic heterocycles. The molecule has 0 spiro atoms. The molecule has 1 unspecified atom stereocenters. The molecule has 1 N–H and O–H groups in total. The fourth-order valence-corrected chi connectivity index (χ4v) is 2.94. The van der Waals surface area contributed by atoms with Crippen molar-refractivity contribution < 1.29 is 4.79 Å². The molecule has 1 heterocycles. The summed E-state index contributed by atoms with van der Waals surface area (Å²) in [7, 11) is 4.27. The van der Waals surface area contributed by atoms with E-state index in [1.807, 2.05) is 4.90 Å². The smallest absolute Gasteiger partial charge is 0.240 e. The van der Waals surface area contributed by atoms with Crippen LogP contribution < -0.4 is 5.32 Å². The van der Waals surface area contributed by atoms with E-state index in [9.17, 15) is 4.79 Å². The van der Waals surface area contributed by atoms with Gasteiger partial charge in [0.1, 0.15) is 0 Å². The summed E-state index contributed by atoms with van der Waals surface area (Å²) in [5.41, 5.74) is 0.248. The number of nitrogens with zero attached hydrogens (tertiary/aromatic N) is 2. The van der Waals surface area contributed by atoms with Crippen molar-refractivity contribution in [1.82, 2.24) is 15.1 Å². The first-order valence-corrected chi connectivity index (χ1v) is 6.79. The zero-order valence-corrected chi connectivity index (χ0v) is 11.3. The van der Waals surface area contributed by atoms with Crippen molar-refractivity contribution in [2.75, 3.05) is 27.3 Å². The van der Waals surface area contributed by atoms with Gasteiger partial charge in [0, 0.05) is 12.1 Å². The Morgan fingerprint density at radius 2 is 2.18 bits per heavy atom. The van der Waals surface area contributed by atoms with E-state index in [4.69, 9.17) is 0 Å². The Labute approximate surface area is 104 Å². The van der Waals surface area contributed by atoms with E-state index in [2.05, 4.69) is 31.2 Å². The topological polar surface area (TPSA) is 35.6 Å². The Morgan fingerprint density at radius 1 is 1.47 bits per heavy atom. The van der Waals surface area contributed by atoms with Crippen LogP contribution in [0.4, 0.5) is 0 Å². The van der Waals surface area contributed by atoms with E-state index in [0.717, 1.165) is 26.1 Å². The van der Waals surface area contributed by atoms with E-state index in [1.54, 1.807) is 0 Å². The molecule has 1 saturated heterocycles. The van der Waals surface area contributed by atoms with Crippen LogP contribution in [0.2, 0.25) is 0 Å². The first-order chi connectivity index (χ1) is 8.09.